The van der Waals surface area contributed by atoms with Crippen molar-refractivity contribution in [1.29, 1.82) is 0 Å². The molecule has 0 unspecified atom stereocenters. The second kappa shape index (κ2) is 5.35. The van der Waals surface area contributed by atoms with Gasteiger partial charge in [0.05, 0.1) is 5.71 Å². The lowest BCUT2D eigenvalue weighted by atomic mass is 10.1. The van der Waals surface area contributed by atoms with Gasteiger partial charge in [-0.2, -0.15) is 5.10 Å². The molecule has 0 amide bonds. The van der Waals surface area contributed by atoms with Gasteiger partial charge in [-0.1, -0.05) is 6.07 Å². The highest BCUT2D eigenvalue weighted by Gasteiger charge is 2.06. The Morgan fingerprint density at radius 1 is 1.22 bits per heavy atom. The summed E-state index contributed by atoms with van der Waals surface area (Å²) in [5.41, 5.74) is 3.37. The molecule has 1 heterocycles. The smallest absolute Gasteiger partial charge is 0.146 e. The fourth-order valence-corrected chi connectivity index (χ4v) is 1.41. The number of nitrogens with zero attached hydrogens (tertiary/aromatic N) is 2. The van der Waals surface area contributed by atoms with Gasteiger partial charge in [-0.25, -0.2) is 13.8 Å². The summed E-state index contributed by atoms with van der Waals surface area (Å²) in [4.78, 5) is 4.01. The molecule has 0 saturated carbocycles. The third-order valence-corrected chi connectivity index (χ3v) is 2.32. The predicted octanol–water partition coefficient (Wildman–Crippen LogP) is 3.20. The monoisotopic (exact) mass is 247 g/mol. The van der Waals surface area contributed by atoms with Crippen LogP contribution in [0.3, 0.4) is 0 Å². The molecular weight excluding hydrogens is 236 g/mol. The Morgan fingerprint density at radius 3 is 2.72 bits per heavy atom. The van der Waals surface area contributed by atoms with Gasteiger partial charge in [0.1, 0.15) is 17.5 Å². The number of hydrogen-bond acceptors (Lipinski definition) is 3. The fraction of sp³-hybridized carbons (Fsp3) is 0.0769. The van der Waals surface area contributed by atoms with Gasteiger partial charge in [-0.15, -0.1) is 0 Å². The minimum atomic E-state index is -0.640. The highest BCUT2D eigenvalue weighted by molar-refractivity contribution is 5.99. The average Bonchev–Trinajstić information content (AvgIpc) is 2.37. The molecule has 2 aromatic rings. The molecule has 5 heteroatoms. The summed E-state index contributed by atoms with van der Waals surface area (Å²) in [5.74, 6) is -0.694. The van der Waals surface area contributed by atoms with Crippen LogP contribution in [0.1, 0.15) is 12.5 Å². The third kappa shape index (κ3) is 2.88. The van der Waals surface area contributed by atoms with E-state index < -0.39 is 11.6 Å². The lowest BCUT2D eigenvalue weighted by Crippen LogP contribution is -2.03. The van der Waals surface area contributed by atoms with E-state index in [-0.39, 0.29) is 5.56 Å². The molecule has 0 radical (unpaired) electrons. The van der Waals surface area contributed by atoms with Crippen LogP contribution in [-0.4, -0.2) is 10.7 Å². The Bertz CT molecular complexity index is 568. The number of pyridine rings is 1. The standard InChI is InChI=1S/C13H11F2N3/c1-9(11-6-5-10(14)8-12(11)15)17-18-13-4-2-3-7-16-13/h2-8H,1H3,(H,16,18)/b17-9-. The molecule has 2 rings (SSSR count). The maximum atomic E-state index is 13.5. The van der Waals surface area contributed by atoms with Gasteiger partial charge < -0.3 is 0 Å². The largest absolute Gasteiger partial charge is 0.261 e. The van der Waals surface area contributed by atoms with Crippen LogP contribution in [0.25, 0.3) is 0 Å². The lowest BCUT2D eigenvalue weighted by molar-refractivity contribution is 0.581. The van der Waals surface area contributed by atoms with Gasteiger partial charge in [0.15, 0.2) is 0 Å². The van der Waals surface area contributed by atoms with Crippen LogP contribution in [0.2, 0.25) is 0 Å². The molecule has 0 aliphatic carbocycles. The van der Waals surface area contributed by atoms with E-state index in [1.807, 2.05) is 0 Å². The number of rotatable bonds is 3. The average molecular weight is 247 g/mol. The zero-order valence-corrected chi connectivity index (χ0v) is 9.69. The van der Waals surface area contributed by atoms with Crippen LogP contribution in [0.5, 0.6) is 0 Å². The first kappa shape index (κ1) is 12.2. The van der Waals surface area contributed by atoms with Crippen LogP contribution >= 0.6 is 0 Å². The zero-order chi connectivity index (χ0) is 13.0. The van der Waals surface area contributed by atoms with E-state index >= 15 is 0 Å². The molecular formula is C13H11F2N3. The molecule has 0 saturated heterocycles. The maximum absolute atomic E-state index is 13.5. The minimum Gasteiger partial charge on any atom is -0.261 e. The van der Waals surface area contributed by atoms with Gasteiger partial charge in [0, 0.05) is 17.8 Å². The van der Waals surface area contributed by atoms with Crippen molar-refractivity contribution in [3.8, 4) is 0 Å². The van der Waals surface area contributed by atoms with E-state index in [1.165, 1.54) is 12.1 Å². The summed E-state index contributed by atoms with van der Waals surface area (Å²) < 4.78 is 26.2. The third-order valence-electron chi connectivity index (χ3n) is 2.32. The Hall–Kier alpha value is -2.30. The number of benzene rings is 1. The van der Waals surface area contributed by atoms with E-state index in [4.69, 9.17) is 0 Å². The van der Waals surface area contributed by atoms with E-state index in [1.54, 1.807) is 31.3 Å². The Morgan fingerprint density at radius 2 is 2.06 bits per heavy atom. The van der Waals surface area contributed by atoms with E-state index in [0.717, 1.165) is 6.07 Å². The summed E-state index contributed by atoms with van der Waals surface area (Å²) in [6.07, 6.45) is 1.62. The van der Waals surface area contributed by atoms with Gasteiger partial charge >= 0.3 is 0 Å². The zero-order valence-electron chi connectivity index (χ0n) is 9.69. The van der Waals surface area contributed by atoms with Gasteiger partial charge in [0.25, 0.3) is 0 Å². The molecule has 1 aromatic carbocycles. The van der Waals surface area contributed by atoms with Crippen molar-refractivity contribution >= 4 is 11.5 Å². The van der Waals surface area contributed by atoms with Crippen LogP contribution in [0.4, 0.5) is 14.6 Å². The molecule has 0 aliphatic heterocycles. The quantitative estimate of drug-likeness (QED) is 0.668. The molecule has 0 fully saturated rings. The van der Waals surface area contributed by atoms with Gasteiger partial charge in [-0.3, -0.25) is 5.43 Å². The number of hydrazone groups is 1. The predicted molar refractivity (Wildman–Crippen MR) is 66.4 cm³/mol. The summed E-state index contributed by atoms with van der Waals surface area (Å²) in [7, 11) is 0. The Balaban J connectivity index is 2.18. The normalized spacial score (nSPS) is 11.4. The number of halogens is 2. The highest BCUT2D eigenvalue weighted by atomic mass is 19.1. The summed E-state index contributed by atoms with van der Waals surface area (Å²) in [6.45, 7) is 1.63. The summed E-state index contributed by atoms with van der Waals surface area (Å²) in [5, 5.41) is 4.00. The number of nitrogens with one attached hydrogen (secondary N) is 1. The molecule has 0 atom stereocenters. The van der Waals surface area contributed by atoms with Crippen LogP contribution in [0, 0.1) is 11.6 Å². The molecule has 3 nitrogen and oxygen atoms in total. The SMILES string of the molecule is C/C(=N/Nc1ccccn1)c1ccc(F)cc1F. The molecule has 0 spiro atoms. The highest BCUT2D eigenvalue weighted by Crippen LogP contribution is 2.11. The van der Waals surface area contributed by atoms with Crippen LogP contribution in [-0.2, 0) is 0 Å². The van der Waals surface area contributed by atoms with Crippen molar-refractivity contribution in [1.82, 2.24) is 4.98 Å². The summed E-state index contributed by atoms with van der Waals surface area (Å²) >= 11 is 0. The van der Waals surface area contributed by atoms with Crippen molar-refractivity contribution in [3.05, 3.63) is 59.8 Å². The molecule has 0 aliphatic rings. The van der Waals surface area contributed by atoms with E-state index in [2.05, 4.69) is 15.5 Å². The number of hydrogen-bond donors (Lipinski definition) is 1. The number of anilines is 1. The van der Waals surface area contributed by atoms with Crippen molar-refractivity contribution in [2.24, 2.45) is 5.10 Å². The topological polar surface area (TPSA) is 37.3 Å². The minimum absolute atomic E-state index is 0.250. The van der Waals surface area contributed by atoms with E-state index in [0.29, 0.717) is 11.5 Å². The Kier molecular flexibility index (Phi) is 3.62. The molecule has 0 bridgehead atoms. The maximum Gasteiger partial charge on any atom is 0.146 e. The Labute approximate surface area is 103 Å². The first-order valence-electron chi connectivity index (χ1n) is 5.33. The van der Waals surface area contributed by atoms with Crippen LogP contribution in [0.15, 0.2) is 47.7 Å². The second-order valence-corrected chi connectivity index (χ2v) is 3.65. The van der Waals surface area contributed by atoms with Gasteiger partial charge in [-0.05, 0) is 31.2 Å². The first-order valence-corrected chi connectivity index (χ1v) is 5.33. The number of aromatic nitrogens is 1. The second-order valence-electron chi connectivity index (χ2n) is 3.65. The van der Waals surface area contributed by atoms with Crippen molar-refractivity contribution < 1.29 is 8.78 Å². The van der Waals surface area contributed by atoms with Crippen LogP contribution < -0.4 is 5.43 Å². The summed E-state index contributed by atoms with van der Waals surface area (Å²) in [6, 6.07) is 8.69. The van der Waals surface area contributed by atoms with E-state index in [9.17, 15) is 8.78 Å². The van der Waals surface area contributed by atoms with Gasteiger partial charge in [0.2, 0.25) is 0 Å². The van der Waals surface area contributed by atoms with Crippen molar-refractivity contribution in [2.75, 3.05) is 5.43 Å². The molecule has 92 valence electrons. The van der Waals surface area contributed by atoms with Crippen molar-refractivity contribution in [3.63, 3.8) is 0 Å². The molecule has 1 aromatic heterocycles. The lowest BCUT2D eigenvalue weighted by Gasteiger charge is -2.04. The fourth-order valence-electron chi connectivity index (χ4n) is 1.41. The molecule has 18 heavy (non-hydrogen) atoms. The van der Waals surface area contributed by atoms with Crippen molar-refractivity contribution in [2.45, 2.75) is 6.92 Å². The molecule has 1 N–H and O–H groups in total. The first-order chi connectivity index (χ1) is 8.66.